The van der Waals surface area contributed by atoms with Crippen LogP contribution in [0.15, 0.2) is 90.1 Å². The van der Waals surface area contributed by atoms with Crippen molar-refractivity contribution in [1.29, 1.82) is 0 Å². The standard InChI is InChI=1S/C22H16N2O2S/c25-21(26)20(16-11-5-2-6-12-16)27-22-23-18-14-8-7-13-17(18)19(24-22)15-9-3-1-4-10-15/h1-14,20H,(H,25,26)/p-1/t20-/m1/s1. The molecule has 1 atom stereocenters. The van der Waals surface area contributed by atoms with Gasteiger partial charge in [-0.3, -0.25) is 0 Å². The molecule has 3 aromatic carbocycles. The summed E-state index contributed by atoms with van der Waals surface area (Å²) in [6.07, 6.45) is 0. The van der Waals surface area contributed by atoms with E-state index in [-0.39, 0.29) is 0 Å². The number of carbonyl (C=O) groups is 1. The van der Waals surface area contributed by atoms with Gasteiger partial charge in [-0.15, -0.1) is 0 Å². The molecule has 4 aromatic rings. The first kappa shape index (κ1) is 17.2. The van der Waals surface area contributed by atoms with Crippen LogP contribution in [0.3, 0.4) is 0 Å². The smallest absolute Gasteiger partial charge is 0.189 e. The fraction of sp³-hybridized carbons (Fsp3) is 0.0455. The van der Waals surface area contributed by atoms with Crippen molar-refractivity contribution < 1.29 is 9.90 Å². The molecule has 0 spiro atoms. The first-order valence-corrected chi connectivity index (χ1v) is 9.35. The van der Waals surface area contributed by atoms with E-state index in [1.807, 2.05) is 72.8 Å². The third kappa shape index (κ3) is 3.68. The number of hydrogen-bond donors (Lipinski definition) is 0. The Morgan fingerprint density at radius 2 is 1.44 bits per heavy atom. The zero-order valence-corrected chi connectivity index (χ0v) is 15.1. The second-order valence-corrected chi connectivity index (χ2v) is 7.04. The van der Waals surface area contributed by atoms with E-state index in [1.54, 1.807) is 12.1 Å². The van der Waals surface area contributed by atoms with Gasteiger partial charge in [-0.2, -0.15) is 0 Å². The molecule has 1 heterocycles. The summed E-state index contributed by atoms with van der Waals surface area (Å²) in [5, 5.41) is 12.2. The molecule has 0 saturated heterocycles. The number of carbonyl (C=O) groups excluding carboxylic acids is 1. The molecule has 4 nitrogen and oxygen atoms in total. The Balaban J connectivity index is 1.81. The molecule has 0 N–H and O–H groups in total. The number of rotatable bonds is 5. The van der Waals surface area contributed by atoms with Gasteiger partial charge in [-0.25, -0.2) is 9.97 Å². The van der Waals surface area contributed by atoms with Crippen molar-refractivity contribution in [2.24, 2.45) is 0 Å². The number of fused-ring (bicyclic) bond motifs is 1. The van der Waals surface area contributed by atoms with Crippen molar-refractivity contribution in [1.82, 2.24) is 9.97 Å². The monoisotopic (exact) mass is 371 g/mol. The van der Waals surface area contributed by atoms with E-state index in [9.17, 15) is 9.90 Å². The summed E-state index contributed by atoms with van der Waals surface area (Å²) >= 11 is 1.09. The van der Waals surface area contributed by atoms with Crippen LogP contribution in [-0.2, 0) is 4.79 Å². The number of aliphatic carboxylic acids is 1. The van der Waals surface area contributed by atoms with Gasteiger partial charge >= 0.3 is 0 Å². The number of carboxylic acids is 1. The molecule has 0 aliphatic carbocycles. The Kier molecular flexibility index (Phi) is 4.85. The predicted molar refractivity (Wildman–Crippen MR) is 105 cm³/mol. The van der Waals surface area contributed by atoms with Crippen LogP contribution in [0.5, 0.6) is 0 Å². The topological polar surface area (TPSA) is 65.9 Å². The number of carboxylic acid groups (broad SMARTS) is 1. The molecular formula is C22H15N2O2S-. The normalized spacial score (nSPS) is 12.0. The number of aromatic nitrogens is 2. The van der Waals surface area contributed by atoms with Crippen LogP contribution in [0.2, 0.25) is 0 Å². The second kappa shape index (κ2) is 7.60. The minimum absolute atomic E-state index is 0.408. The maximum atomic E-state index is 11.7. The van der Waals surface area contributed by atoms with Crippen molar-refractivity contribution in [2.45, 2.75) is 10.4 Å². The van der Waals surface area contributed by atoms with E-state index in [0.29, 0.717) is 10.7 Å². The Bertz CT molecular complexity index is 1090. The highest BCUT2D eigenvalue weighted by molar-refractivity contribution is 8.00. The Labute approximate surface area is 160 Å². The lowest BCUT2D eigenvalue weighted by molar-refractivity contribution is -0.305. The molecule has 4 rings (SSSR count). The van der Waals surface area contributed by atoms with E-state index in [1.165, 1.54) is 0 Å². The predicted octanol–water partition coefficient (Wildman–Crippen LogP) is 3.88. The van der Waals surface area contributed by atoms with Gasteiger partial charge in [0.2, 0.25) is 0 Å². The lowest BCUT2D eigenvalue weighted by atomic mass is 10.1. The summed E-state index contributed by atoms with van der Waals surface area (Å²) in [4.78, 5) is 21.0. The van der Waals surface area contributed by atoms with Crippen LogP contribution >= 0.6 is 11.8 Å². The van der Waals surface area contributed by atoms with Gasteiger partial charge in [0.15, 0.2) is 5.16 Å². The lowest BCUT2D eigenvalue weighted by Crippen LogP contribution is -2.28. The SMILES string of the molecule is O=C([O-])[C@H](Sc1nc(-c2ccccc2)c2ccccc2n1)c1ccccc1. The second-order valence-electron chi connectivity index (χ2n) is 5.97. The van der Waals surface area contributed by atoms with Crippen LogP contribution in [0.1, 0.15) is 10.8 Å². The number of thioether (sulfide) groups is 1. The number of benzene rings is 3. The van der Waals surface area contributed by atoms with Crippen molar-refractivity contribution in [3.05, 3.63) is 90.5 Å². The van der Waals surface area contributed by atoms with Gasteiger partial charge < -0.3 is 9.90 Å². The van der Waals surface area contributed by atoms with E-state index in [0.717, 1.165) is 33.9 Å². The molecule has 5 heteroatoms. The average molecular weight is 371 g/mol. The molecule has 0 bridgehead atoms. The highest BCUT2D eigenvalue weighted by Gasteiger charge is 2.18. The third-order valence-corrected chi connectivity index (χ3v) is 5.26. The maximum Gasteiger partial charge on any atom is 0.189 e. The Hall–Kier alpha value is -3.18. The van der Waals surface area contributed by atoms with Gasteiger partial charge in [-0.05, 0) is 11.6 Å². The van der Waals surface area contributed by atoms with Crippen molar-refractivity contribution in [3.63, 3.8) is 0 Å². The van der Waals surface area contributed by atoms with Crippen molar-refractivity contribution in [2.75, 3.05) is 0 Å². The third-order valence-electron chi connectivity index (χ3n) is 4.17. The fourth-order valence-corrected chi connectivity index (χ4v) is 3.80. The van der Waals surface area contributed by atoms with Gasteiger partial charge in [0.1, 0.15) is 0 Å². The first-order valence-electron chi connectivity index (χ1n) is 8.47. The molecule has 0 unspecified atom stereocenters. The summed E-state index contributed by atoms with van der Waals surface area (Å²) in [6.45, 7) is 0. The van der Waals surface area contributed by atoms with Crippen LogP contribution in [0, 0.1) is 0 Å². The van der Waals surface area contributed by atoms with Crippen LogP contribution in [-0.4, -0.2) is 15.9 Å². The molecule has 1 aromatic heterocycles. The molecular weight excluding hydrogens is 356 g/mol. The largest absolute Gasteiger partial charge is 0.549 e. The van der Waals surface area contributed by atoms with Gasteiger partial charge in [-0.1, -0.05) is 90.6 Å². The quantitative estimate of drug-likeness (QED) is 0.393. The highest BCUT2D eigenvalue weighted by atomic mass is 32.2. The summed E-state index contributed by atoms with van der Waals surface area (Å²) in [7, 11) is 0. The average Bonchev–Trinajstić information content (AvgIpc) is 2.72. The Morgan fingerprint density at radius 1 is 0.815 bits per heavy atom. The summed E-state index contributed by atoms with van der Waals surface area (Å²) in [5.74, 6) is -1.16. The van der Waals surface area contributed by atoms with E-state index < -0.39 is 11.2 Å². The Morgan fingerprint density at radius 3 is 2.15 bits per heavy atom. The summed E-state index contributed by atoms with van der Waals surface area (Å²) in [5.41, 5.74) is 3.18. The minimum atomic E-state index is -1.16. The maximum absolute atomic E-state index is 11.7. The zero-order valence-electron chi connectivity index (χ0n) is 14.3. The van der Waals surface area contributed by atoms with Gasteiger partial charge in [0.05, 0.1) is 22.4 Å². The number of para-hydroxylation sites is 1. The highest BCUT2D eigenvalue weighted by Crippen LogP contribution is 2.35. The fourth-order valence-electron chi connectivity index (χ4n) is 2.91. The molecule has 132 valence electrons. The van der Waals surface area contributed by atoms with Crippen LogP contribution in [0.25, 0.3) is 22.2 Å². The van der Waals surface area contributed by atoms with Crippen LogP contribution < -0.4 is 5.11 Å². The van der Waals surface area contributed by atoms with E-state index >= 15 is 0 Å². The minimum Gasteiger partial charge on any atom is -0.549 e. The zero-order chi connectivity index (χ0) is 18.6. The van der Waals surface area contributed by atoms with E-state index in [4.69, 9.17) is 0 Å². The molecule has 0 aliphatic rings. The first-order chi connectivity index (χ1) is 13.2. The lowest BCUT2D eigenvalue weighted by Gasteiger charge is -2.18. The number of hydrogen-bond acceptors (Lipinski definition) is 5. The van der Waals surface area contributed by atoms with Crippen molar-refractivity contribution in [3.8, 4) is 11.3 Å². The molecule has 0 fully saturated rings. The van der Waals surface area contributed by atoms with E-state index in [2.05, 4.69) is 9.97 Å². The molecule has 0 amide bonds. The summed E-state index contributed by atoms with van der Waals surface area (Å²) < 4.78 is 0. The van der Waals surface area contributed by atoms with Crippen LogP contribution in [0.4, 0.5) is 0 Å². The molecule has 27 heavy (non-hydrogen) atoms. The summed E-state index contributed by atoms with van der Waals surface area (Å²) in [6, 6.07) is 26.6. The molecule has 0 aliphatic heterocycles. The number of nitrogens with zero attached hydrogens (tertiary/aromatic N) is 2. The van der Waals surface area contributed by atoms with Gasteiger partial charge in [0, 0.05) is 10.9 Å². The van der Waals surface area contributed by atoms with Gasteiger partial charge in [0.25, 0.3) is 0 Å². The molecule has 0 radical (unpaired) electrons. The molecule has 0 saturated carbocycles. The van der Waals surface area contributed by atoms with Crippen molar-refractivity contribution >= 4 is 28.6 Å².